The number of hydrogen-bond donors (Lipinski definition) is 2. The average molecular weight is 386 g/mol. The van der Waals surface area contributed by atoms with Crippen molar-refractivity contribution in [1.82, 2.24) is 19.9 Å². The number of rotatable bonds is 4. The molecule has 1 aromatic carbocycles. The van der Waals surface area contributed by atoms with Gasteiger partial charge >= 0.3 is 0 Å². The number of anilines is 1. The van der Waals surface area contributed by atoms with E-state index >= 15 is 0 Å². The first-order chi connectivity index (χ1) is 13.1. The van der Waals surface area contributed by atoms with Crippen LogP contribution in [0.15, 0.2) is 43.0 Å². The Hall–Kier alpha value is -2.77. The molecule has 2 N–H and O–H groups in total. The third-order valence-electron chi connectivity index (χ3n) is 4.35. The van der Waals surface area contributed by atoms with Crippen molar-refractivity contribution in [3.05, 3.63) is 76.2 Å². The van der Waals surface area contributed by atoms with E-state index in [0.717, 1.165) is 30.8 Å². The maximum atomic E-state index is 13.4. The van der Waals surface area contributed by atoms with Crippen molar-refractivity contribution in [3.63, 3.8) is 0 Å². The lowest BCUT2D eigenvalue weighted by Gasteiger charge is -2.16. The fourth-order valence-electron chi connectivity index (χ4n) is 3.08. The first-order valence-corrected chi connectivity index (χ1v) is 8.91. The summed E-state index contributed by atoms with van der Waals surface area (Å²) < 4.78 is 15.2. The summed E-state index contributed by atoms with van der Waals surface area (Å²) in [6.07, 6.45) is 5.69. The number of carbonyl (C=O) groups excluding carboxylic acids is 1. The Kier molecular flexibility index (Phi) is 4.87. The smallest absolute Gasteiger partial charge is 0.258 e. The molecule has 4 rings (SSSR count). The second-order valence-electron chi connectivity index (χ2n) is 6.42. The van der Waals surface area contributed by atoms with Gasteiger partial charge < -0.3 is 15.2 Å². The Morgan fingerprint density at radius 3 is 3.04 bits per heavy atom. The number of benzene rings is 1. The van der Waals surface area contributed by atoms with Gasteiger partial charge in [-0.15, -0.1) is 0 Å². The molecule has 2 aromatic heterocycles. The minimum atomic E-state index is -0.388. The van der Waals surface area contributed by atoms with Gasteiger partial charge in [0.15, 0.2) is 5.82 Å². The van der Waals surface area contributed by atoms with Gasteiger partial charge in [-0.25, -0.2) is 9.37 Å². The van der Waals surface area contributed by atoms with E-state index in [-0.39, 0.29) is 11.7 Å². The molecule has 0 saturated heterocycles. The summed E-state index contributed by atoms with van der Waals surface area (Å²) in [6.45, 7) is 2.01. The van der Waals surface area contributed by atoms with E-state index in [0.29, 0.717) is 28.5 Å². The maximum Gasteiger partial charge on any atom is 0.258 e. The molecular weight excluding hydrogens is 369 g/mol. The molecule has 1 amide bonds. The molecule has 3 heterocycles. The minimum Gasteiger partial charge on any atom is -0.331 e. The van der Waals surface area contributed by atoms with E-state index in [4.69, 9.17) is 11.6 Å². The number of pyridine rings is 1. The van der Waals surface area contributed by atoms with Crippen LogP contribution in [-0.2, 0) is 19.5 Å². The Morgan fingerprint density at radius 1 is 1.30 bits per heavy atom. The highest BCUT2D eigenvalue weighted by molar-refractivity contribution is 6.30. The number of aromatic nitrogens is 3. The second-order valence-corrected chi connectivity index (χ2v) is 6.86. The van der Waals surface area contributed by atoms with Crippen LogP contribution < -0.4 is 10.6 Å². The van der Waals surface area contributed by atoms with Crippen LogP contribution in [0.5, 0.6) is 0 Å². The first-order valence-electron chi connectivity index (χ1n) is 8.53. The fraction of sp³-hybridized carbons (Fsp3) is 0.211. The van der Waals surface area contributed by atoms with E-state index in [9.17, 15) is 9.18 Å². The number of fused-ring (bicyclic) bond motifs is 1. The summed E-state index contributed by atoms with van der Waals surface area (Å²) in [7, 11) is 0. The van der Waals surface area contributed by atoms with Crippen LogP contribution in [0.1, 0.15) is 27.2 Å². The molecule has 138 valence electrons. The van der Waals surface area contributed by atoms with Crippen molar-refractivity contribution in [2.24, 2.45) is 0 Å². The average Bonchev–Trinajstić information content (AvgIpc) is 3.07. The quantitative estimate of drug-likeness (QED) is 0.724. The third kappa shape index (κ3) is 4.15. The Balaban J connectivity index is 1.45. The lowest BCUT2D eigenvalue weighted by atomic mass is 10.0. The predicted octanol–water partition coefficient (Wildman–Crippen LogP) is 3.02. The number of amides is 1. The molecule has 0 atom stereocenters. The molecule has 1 aliphatic heterocycles. The van der Waals surface area contributed by atoms with Crippen molar-refractivity contribution < 1.29 is 9.18 Å². The van der Waals surface area contributed by atoms with E-state index in [1.165, 1.54) is 12.1 Å². The van der Waals surface area contributed by atoms with Gasteiger partial charge in [-0.3, -0.25) is 9.78 Å². The molecular formula is C19H17ClFN5O. The van der Waals surface area contributed by atoms with Crippen LogP contribution in [0, 0.1) is 5.82 Å². The topological polar surface area (TPSA) is 71.8 Å². The summed E-state index contributed by atoms with van der Waals surface area (Å²) in [5, 5.41) is 6.36. The van der Waals surface area contributed by atoms with Crippen molar-refractivity contribution >= 4 is 23.3 Å². The lowest BCUT2D eigenvalue weighted by molar-refractivity contribution is 0.102. The molecule has 3 aromatic rings. The fourth-order valence-corrected chi connectivity index (χ4v) is 3.33. The van der Waals surface area contributed by atoms with Crippen LogP contribution >= 0.6 is 11.6 Å². The SMILES string of the molecule is O=C(Nc1cn(Cc2cc(F)cc(Cl)c2)cn1)c1cnc2c(c1)CCNC2. The van der Waals surface area contributed by atoms with Crippen LogP contribution in [0.4, 0.5) is 10.2 Å². The first kappa shape index (κ1) is 17.6. The van der Waals surface area contributed by atoms with Gasteiger partial charge in [0, 0.05) is 30.5 Å². The molecule has 0 aliphatic carbocycles. The zero-order valence-corrected chi connectivity index (χ0v) is 15.1. The summed E-state index contributed by atoms with van der Waals surface area (Å²) in [5.41, 5.74) is 3.29. The van der Waals surface area contributed by atoms with Gasteiger partial charge in [-0.1, -0.05) is 11.6 Å². The van der Waals surface area contributed by atoms with Gasteiger partial charge in [0.1, 0.15) is 5.82 Å². The standard InChI is InChI=1S/C19H17ClFN5O/c20-15-3-12(4-16(21)6-15)9-26-10-18(24-11-26)25-19(27)14-5-13-1-2-22-8-17(13)23-7-14/h3-7,10-11,22H,1-2,8-9H2,(H,25,27). The molecule has 0 fully saturated rings. The number of nitrogens with one attached hydrogen (secondary N) is 2. The number of imidazole rings is 1. The van der Waals surface area contributed by atoms with E-state index in [2.05, 4.69) is 20.6 Å². The number of nitrogens with zero attached hydrogens (tertiary/aromatic N) is 3. The summed E-state index contributed by atoms with van der Waals surface area (Å²) in [5.74, 6) is -0.231. The van der Waals surface area contributed by atoms with Crippen molar-refractivity contribution in [3.8, 4) is 0 Å². The van der Waals surface area contributed by atoms with E-state index < -0.39 is 0 Å². The molecule has 27 heavy (non-hydrogen) atoms. The summed E-state index contributed by atoms with van der Waals surface area (Å²) in [4.78, 5) is 21.0. The van der Waals surface area contributed by atoms with Gasteiger partial charge in [-0.2, -0.15) is 0 Å². The Morgan fingerprint density at radius 2 is 2.19 bits per heavy atom. The summed E-state index contributed by atoms with van der Waals surface area (Å²) >= 11 is 5.88. The highest BCUT2D eigenvalue weighted by atomic mass is 35.5. The monoisotopic (exact) mass is 385 g/mol. The molecule has 0 radical (unpaired) electrons. The molecule has 1 aliphatic rings. The van der Waals surface area contributed by atoms with Gasteiger partial charge in [-0.05, 0) is 48.4 Å². The second kappa shape index (κ2) is 7.46. The molecule has 0 unspecified atom stereocenters. The molecule has 0 saturated carbocycles. The largest absolute Gasteiger partial charge is 0.331 e. The van der Waals surface area contributed by atoms with Crippen molar-refractivity contribution in [2.45, 2.75) is 19.5 Å². The van der Waals surface area contributed by atoms with E-state index in [1.54, 1.807) is 29.4 Å². The summed E-state index contributed by atoms with van der Waals surface area (Å²) in [6, 6.07) is 6.24. The van der Waals surface area contributed by atoms with Crippen molar-refractivity contribution in [1.29, 1.82) is 0 Å². The minimum absolute atomic E-state index is 0.261. The maximum absolute atomic E-state index is 13.4. The molecule has 8 heteroatoms. The highest BCUT2D eigenvalue weighted by Crippen LogP contribution is 2.17. The predicted molar refractivity (Wildman–Crippen MR) is 100 cm³/mol. The zero-order chi connectivity index (χ0) is 18.8. The molecule has 6 nitrogen and oxygen atoms in total. The van der Waals surface area contributed by atoms with E-state index in [1.807, 2.05) is 6.07 Å². The zero-order valence-electron chi connectivity index (χ0n) is 14.4. The molecule has 0 spiro atoms. The van der Waals surface area contributed by atoms with Gasteiger partial charge in [0.2, 0.25) is 0 Å². The molecule has 0 bridgehead atoms. The van der Waals surface area contributed by atoms with Gasteiger partial charge in [0.05, 0.1) is 17.6 Å². The van der Waals surface area contributed by atoms with Crippen LogP contribution in [0.2, 0.25) is 5.02 Å². The number of hydrogen-bond acceptors (Lipinski definition) is 4. The van der Waals surface area contributed by atoms with Crippen LogP contribution in [-0.4, -0.2) is 27.0 Å². The Labute approximate surface area is 160 Å². The third-order valence-corrected chi connectivity index (χ3v) is 4.57. The van der Waals surface area contributed by atoms with Crippen molar-refractivity contribution in [2.75, 3.05) is 11.9 Å². The number of carbonyl (C=O) groups is 1. The van der Waals surface area contributed by atoms with Gasteiger partial charge in [0.25, 0.3) is 5.91 Å². The highest BCUT2D eigenvalue weighted by Gasteiger charge is 2.14. The Bertz CT molecular complexity index is 983. The number of halogens is 2. The van der Waals surface area contributed by atoms with Crippen LogP contribution in [0.25, 0.3) is 0 Å². The lowest BCUT2D eigenvalue weighted by Crippen LogP contribution is -2.25. The normalized spacial score (nSPS) is 13.3. The van der Waals surface area contributed by atoms with Crippen LogP contribution in [0.3, 0.4) is 0 Å².